The minimum Gasteiger partial charge on any atom is -0.390 e. The van der Waals surface area contributed by atoms with Gasteiger partial charge in [0.2, 0.25) is 0 Å². The van der Waals surface area contributed by atoms with E-state index in [0.717, 1.165) is 76.7 Å². The molecular weight excluding hydrogens is 440 g/mol. The van der Waals surface area contributed by atoms with E-state index in [1.807, 2.05) is 12.3 Å². The van der Waals surface area contributed by atoms with Crippen LogP contribution in [0, 0.1) is 17.8 Å². The molecule has 3 aliphatic heterocycles. The van der Waals surface area contributed by atoms with Gasteiger partial charge in [-0.25, -0.2) is 9.78 Å². The number of hydrogen-bond donors (Lipinski definition) is 2. The Labute approximate surface area is 208 Å². The van der Waals surface area contributed by atoms with E-state index in [-0.39, 0.29) is 18.2 Å². The Hall–Kier alpha value is -1.86. The Bertz CT molecular complexity index is 905. The van der Waals surface area contributed by atoms with Gasteiger partial charge in [-0.15, -0.1) is 0 Å². The number of pyridine rings is 1. The van der Waals surface area contributed by atoms with E-state index in [9.17, 15) is 9.90 Å². The number of aliphatic hydroxyl groups is 1. The maximum atomic E-state index is 13.5. The van der Waals surface area contributed by atoms with Crippen molar-refractivity contribution in [3.05, 3.63) is 24.4 Å². The number of rotatable bonds is 4. The number of nitrogens with one attached hydrogen (secondary N) is 1. The van der Waals surface area contributed by atoms with Crippen LogP contribution in [0.25, 0.3) is 0 Å². The minimum absolute atomic E-state index is 0.157. The van der Waals surface area contributed by atoms with Crippen LogP contribution in [0.3, 0.4) is 0 Å². The second kappa shape index (κ2) is 8.62. The van der Waals surface area contributed by atoms with Crippen LogP contribution in [0.5, 0.6) is 0 Å². The van der Waals surface area contributed by atoms with Crippen LogP contribution in [0.15, 0.2) is 24.4 Å². The van der Waals surface area contributed by atoms with E-state index in [4.69, 9.17) is 4.74 Å². The Balaban J connectivity index is 0.928. The highest BCUT2D eigenvalue weighted by molar-refractivity contribution is 5.76. The maximum absolute atomic E-state index is 13.5. The molecule has 5 atom stereocenters. The van der Waals surface area contributed by atoms with Crippen LogP contribution >= 0.6 is 0 Å². The third-order valence-electron chi connectivity index (χ3n) is 10.3. The first-order valence-corrected chi connectivity index (χ1v) is 14.2. The fourth-order valence-electron chi connectivity index (χ4n) is 9.04. The Morgan fingerprint density at radius 3 is 2.31 bits per heavy atom. The molecule has 0 radical (unpaired) electrons. The van der Waals surface area contributed by atoms with Gasteiger partial charge < -0.3 is 25.0 Å². The van der Waals surface area contributed by atoms with Crippen molar-refractivity contribution >= 4 is 11.8 Å². The van der Waals surface area contributed by atoms with Gasteiger partial charge in [0, 0.05) is 37.4 Å². The lowest BCUT2D eigenvalue weighted by Gasteiger charge is -2.58. The summed E-state index contributed by atoms with van der Waals surface area (Å²) in [6.45, 7) is 1.99. The summed E-state index contributed by atoms with van der Waals surface area (Å²) in [7, 11) is 0. The number of fused-ring (bicyclic) bond motifs is 2. The van der Waals surface area contributed by atoms with E-state index in [2.05, 4.69) is 32.2 Å². The summed E-state index contributed by atoms with van der Waals surface area (Å²) in [6.07, 6.45) is 13.8. The summed E-state index contributed by atoms with van der Waals surface area (Å²) in [6, 6.07) is 7.15. The predicted octanol–water partition coefficient (Wildman–Crippen LogP) is 3.71. The molecule has 7 heteroatoms. The Morgan fingerprint density at radius 2 is 1.69 bits per heavy atom. The molecule has 8 rings (SSSR count). The molecule has 7 fully saturated rings. The van der Waals surface area contributed by atoms with Crippen molar-refractivity contribution < 1.29 is 14.6 Å². The number of carbonyl (C=O) groups is 1. The molecule has 4 saturated carbocycles. The van der Waals surface area contributed by atoms with E-state index in [0.29, 0.717) is 35.9 Å². The van der Waals surface area contributed by atoms with Crippen LogP contribution in [-0.2, 0) is 4.74 Å². The Morgan fingerprint density at radius 1 is 0.971 bits per heavy atom. The first-order valence-electron chi connectivity index (χ1n) is 14.2. The van der Waals surface area contributed by atoms with Crippen molar-refractivity contribution in [1.29, 1.82) is 0 Å². The molecule has 0 spiro atoms. The average Bonchev–Trinajstić information content (AvgIpc) is 3.12. The lowest BCUT2D eigenvalue weighted by Crippen LogP contribution is -2.64. The van der Waals surface area contributed by atoms with Crippen LogP contribution in [-0.4, -0.2) is 70.0 Å². The molecule has 4 heterocycles. The zero-order valence-corrected chi connectivity index (χ0v) is 20.7. The van der Waals surface area contributed by atoms with Crippen LogP contribution in [0.4, 0.5) is 10.6 Å². The zero-order chi connectivity index (χ0) is 23.6. The quantitative estimate of drug-likeness (QED) is 0.687. The smallest absolute Gasteiger partial charge is 0.318 e. The van der Waals surface area contributed by atoms with Crippen molar-refractivity contribution in [1.82, 2.24) is 15.2 Å². The number of aromatic nitrogens is 1. The lowest BCUT2D eigenvalue weighted by molar-refractivity contribution is -0.137. The summed E-state index contributed by atoms with van der Waals surface area (Å²) in [4.78, 5) is 22.5. The highest BCUT2D eigenvalue weighted by atomic mass is 16.5. The van der Waals surface area contributed by atoms with Crippen molar-refractivity contribution in [2.45, 2.75) is 107 Å². The number of urea groups is 1. The highest BCUT2D eigenvalue weighted by Crippen LogP contribution is 2.55. The van der Waals surface area contributed by atoms with E-state index < -0.39 is 5.60 Å². The molecule has 1 aromatic heterocycles. The first kappa shape index (κ1) is 22.3. The van der Waals surface area contributed by atoms with Crippen LogP contribution in [0.1, 0.15) is 70.6 Å². The number of nitrogens with zero attached hydrogens (tertiary/aromatic N) is 3. The molecule has 4 aliphatic carbocycles. The lowest BCUT2D eigenvalue weighted by atomic mass is 9.52. The largest absolute Gasteiger partial charge is 0.390 e. The highest BCUT2D eigenvalue weighted by Gasteiger charge is 2.55. The third-order valence-corrected chi connectivity index (χ3v) is 10.3. The normalized spacial score (nSPS) is 42.5. The van der Waals surface area contributed by atoms with Gasteiger partial charge in [-0.05, 0) is 101 Å². The molecule has 2 amide bonds. The molecule has 1 aromatic rings. The minimum atomic E-state index is -0.444. The molecular formula is C28H40N4O3. The number of ether oxygens (including phenoxy) is 1. The van der Waals surface area contributed by atoms with Gasteiger partial charge in [0.05, 0.1) is 17.8 Å². The molecule has 3 saturated heterocycles. The Kier molecular flexibility index (Phi) is 5.50. The van der Waals surface area contributed by atoms with Gasteiger partial charge in [0.15, 0.2) is 0 Å². The summed E-state index contributed by atoms with van der Waals surface area (Å²) < 4.78 is 6.63. The van der Waals surface area contributed by atoms with Gasteiger partial charge in [-0.1, -0.05) is 6.07 Å². The van der Waals surface area contributed by atoms with Crippen LogP contribution in [0.2, 0.25) is 0 Å². The zero-order valence-electron chi connectivity index (χ0n) is 20.7. The molecule has 2 N–H and O–H groups in total. The standard InChI is InChI=1S/C28H40N4O3/c33-27(30-26-19-11-18-12-20(26)17-28(34,15-18)16-19)32-21-4-5-22(32)14-24(13-21)35-23-6-9-31(10-7-23)25-3-1-2-8-29-25/h1-3,8,18-24,26,34H,4-7,9-17H2,(H,30,33)/t18?,19?,20?,21-,22+,24+,26?,28?. The van der Waals surface area contributed by atoms with E-state index in [1.54, 1.807) is 0 Å². The van der Waals surface area contributed by atoms with Crippen molar-refractivity contribution in [3.8, 4) is 0 Å². The fourth-order valence-corrected chi connectivity index (χ4v) is 9.04. The summed E-state index contributed by atoms with van der Waals surface area (Å²) in [5, 5.41) is 14.4. The number of hydrogen-bond acceptors (Lipinski definition) is 5. The summed E-state index contributed by atoms with van der Waals surface area (Å²) >= 11 is 0. The number of carbonyl (C=O) groups excluding carboxylic acids is 1. The predicted molar refractivity (Wildman–Crippen MR) is 133 cm³/mol. The third kappa shape index (κ3) is 4.12. The number of anilines is 1. The van der Waals surface area contributed by atoms with Gasteiger partial charge in [0.25, 0.3) is 0 Å². The second-order valence-electron chi connectivity index (χ2n) is 12.6. The molecule has 190 valence electrons. The topological polar surface area (TPSA) is 77.9 Å². The van der Waals surface area contributed by atoms with E-state index in [1.165, 1.54) is 12.8 Å². The fraction of sp³-hybridized carbons (Fsp3) is 0.786. The van der Waals surface area contributed by atoms with Gasteiger partial charge in [0.1, 0.15) is 5.82 Å². The molecule has 7 aliphatic rings. The first-order chi connectivity index (χ1) is 17.0. The second-order valence-corrected chi connectivity index (χ2v) is 12.6. The molecule has 35 heavy (non-hydrogen) atoms. The van der Waals surface area contributed by atoms with Crippen LogP contribution < -0.4 is 10.2 Å². The molecule has 0 aromatic carbocycles. The average molecular weight is 481 g/mol. The summed E-state index contributed by atoms with van der Waals surface area (Å²) in [5.41, 5.74) is -0.444. The van der Waals surface area contributed by atoms with Gasteiger partial charge >= 0.3 is 6.03 Å². The number of amides is 2. The number of piperidine rings is 2. The maximum Gasteiger partial charge on any atom is 0.318 e. The van der Waals surface area contributed by atoms with Gasteiger partial charge in [-0.2, -0.15) is 0 Å². The van der Waals surface area contributed by atoms with Crippen molar-refractivity contribution in [3.63, 3.8) is 0 Å². The van der Waals surface area contributed by atoms with Gasteiger partial charge in [-0.3, -0.25) is 0 Å². The monoisotopic (exact) mass is 480 g/mol. The molecule has 2 unspecified atom stereocenters. The molecule has 7 nitrogen and oxygen atoms in total. The van der Waals surface area contributed by atoms with E-state index >= 15 is 0 Å². The SMILES string of the molecule is O=C(NC1C2CC3CC1CC(O)(C3)C2)N1[C@@H]2CC[C@H]1C[C@@H](OC1CCN(c3ccccn3)CC1)C2. The van der Waals surface area contributed by atoms with Crippen molar-refractivity contribution in [2.75, 3.05) is 18.0 Å². The summed E-state index contributed by atoms with van der Waals surface area (Å²) in [5.74, 6) is 2.67. The van der Waals surface area contributed by atoms with Crippen molar-refractivity contribution in [2.24, 2.45) is 17.8 Å². The molecule has 6 bridgehead atoms.